The molecule has 3 N–H and O–H groups in total. The molecule has 0 aromatic heterocycles. The van der Waals surface area contributed by atoms with Crippen LogP contribution in [0, 0.1) is 0 Å². The number of methoxy groups -OCH3 is 1. The maximum atomic E-state index is 11.6. The fraction of sp³-hybridized carbons (Fsp3) is 0.357. The van der Waals surface area contributed by atoms with E-state index in [9.17, 15) is 14.4 Å². The Morgan fingerprint density at radius 2 is 1.95 bits per heavy atom. The summed E-state index contributed by atoms with van der Waals surface area (Å²) in [7, 11) is 1.29. The minimum absolute atomic E-state index is 0.119. The van der Waals surface area contributed by atoms with Gasteiger partial charge in [-0.3, -0.25) is 10.1 Å². The minimum atomic E-state index is -0.495. The molecule has 1 aliphatic carbocycles. The van der Waals surface area contributed by atoms with E-state index >= 15 is 0 Å². The molecule has 7 heteroatoms. The number of nitrogens with one attached hydrogen (secondary N) is 3. The first-order valence-corrected chi connectivity index (χ1v) is 6.61. The molecule has 7 nitrogen and oxygen atoms in total. The van der Waals surface area contributed by atoms with Crippen LogP contribution in [0.25, 0.3) is 0 Å². The Morgan fingerprint density at radius 1 is 1.24 bits per heavy atom. The van der Waals surface area contributed by atoms with E-state index in [1.165, 1.54) is 7.11 Å². The van der Waals surface area contributed by atoms with Crippen LogP contribution in [0.5, 0.6) is 0 Å². The molecule has 0 spiro atoms. The predicted molar refractivity (Wildman–Crippen MR) is 76.0 cm³/mol. The van der Waals surface area contributed by atoms with Crippen LogP contribution in [0.4, 0.5) is 10.5 Å². The summed E-state index contributed by atoms with van der Waals surface area (Å²) in [6.07, 6.45) is 1.90. The van der Waals surface area contributed by atoms with Crippen LogP contribution < -0.4 is 16.0 Å². The third-order valence-corrected chi connectivity index (χ3v) is 2.94. The smallest absolute Gasteiger partial charge is 0.339 e. The van der Waals surface area contributed by atoms with Crippen molar-refractivity contribution in [1.82, 2.24) is 10.6 Å². The van der Waals surface area contributed by atoms with Gasteiger partial charge in [-0.05, 0) is 25.0 Å². The number of carbonyl (C=O) groups is 3. The van der Waals surface area contributed by atoms with Gasteiger partial charge in [-0.25, -0.2) is 9.59 Å². The van der Waals surface area contributed by atoms with Crippen molar-refractivity contribution < 1.29 is 19.1 Å². The number of para-hydroxylation sites is 1. The fourth-order valence-electron chi connectivity index (χ4n) is 1.72. The first-order chi connectivity index (χ1) is 10.1. The number of urea groups is 1. The molecule has 1 aromatic carbocycles. The van der Waals surface area contributed by atoms with E-state index in [1.807, 2.05) is 0 Å². The van der Waals surface area contributed by atoms with Gasteiger partial charge in [-0.15, -0.1) is 0 Å². The van der Waals surface area contributed by atoms with Crippen LogP contribution >= 0.6 is 0 Å². The van der Waals surface area contributed by atoms with Crippen molar-refractivity contribution in [2.75, 3.05) is 19.0 Å². The van der Waals surface area contributed by atoms with Gasteiger partial charge in [0.05, 0.1) is 19.2 Å². The second kappa shape index (κ2) is 6.74. The van der Waals surface area contributed by atoms with Crippen LogP contribution in [0.15, 0.2) is 24.3 Å². The predicted octanol–water partition coefficient (Wildman–Crippen LogP) is 0.873. The molecule has 0 bridgehead atoms. The molecule has 1 aliphatic rings. The monoisotopic (exact) mass is 291 g/mol. The van der Waals surface area contributed by atoms with Gasteiger partial charge in [0.2, 0.25) is 5.91 Å². The van der Waals surface area contributed by atoms with Gasteiger partial charge in [0, 0.05) is 11.7 Å². The molecular formula is C14H17N3O4. The third-order valence-electron chi connectivity index (χ3n) is 2.94. The summed E-state index contributed by atoms with van der Waals surface area (Å²) in [6, 6.07) is 6.36. The molecular weight excluding hydrogens is 274 g/mol. The van der Waals surface area contributed by atoms with Gasteiger partial charge in [-0.2, -0.15) is 0 Å². The summed E-state index contributed by atoms with van der Waals surface area (Å²) in [6.45, 7) is -0.119. The SMILES string of the molecule is COC(=O)c1ccccc1NCC(=O)NC(=O)NC1CC1. The van der Waals surface area contributed by atoms with Crippen molar-refractivity contribution in [3.05, 3.63) is 29.8 Å². The van der Waals surface area contributed by atoms with Crippen LogP contribution in [-0.2, 0) is 9.53 Å². The molecule has 0 atom stereocenters. The molecule has 1 fully saturated rings. The number of carbonyl (C=O) groups excluding carboxylic acids is 3. The Morgan fingerprint density at radius 3 is 2.62 bits per heavy atom. The summed E-state index contributed by atoms with van der Waals surface area (Å²) in [5, 5.41) is 7.68. The number of hydrogen-bond acceptors (Lipinski definition) is 5. The zero-order valence-corrected chi connectivity index (χ0v) is 11.6. The van der Waals surface area contributed by atoms with Gasteiger partial charge in [0.1, 0.15) is 0 Å². The zero-order valence-electron chi connectivity index (χ0n) is 11.6. The Labute approximate surface area is 122 Å². The van der Waals surface area contributed by atoms with E-state index in [-0.39, 0.29) is 12.6 Å². The number of benzene rings is 1. The first kappa shape index (κ1) is 14.8. The lowest BCUT2D eigenvalue weighted by Gasteiger charge is -2.10. The molecule has 2 rings (SSSR count). The van der Waals surface area contributed by atoms with Gasteiger partial charge < -0.3 is 15.4 Å². The van der Waals surface area contributed by atoms with Crippen molar-refractivity contribution in [1.29, 1.82) is 0 Å². The number of hydrogen-bond donors (Lipinski definition) is 3. The van der Waals surface area contributed by atoms with E-state index in [0.29, 0.717) is 11.3 Å². The molecule has 21 heavy (non-hydrogen) atoms. The Balaban J connectivity index is 1.85. The molecule has 1 saturated carbocycles. The molecule has 0 saturated heterocycles. The molecule has 0 heterocycles. The maximum absolute atomic E-state index is 11.6. The summed E-state index contributed by atoms with van der Waals surface area (Å²) in [5.41, 5.74) is 0.803. The molecule has 0 unspecified atom stereocenters. The highest BCUT2D eigenvalue weighted by Crippen LogP contribution is 2.18. The van der Waals surface area contributed by atoms with E-state index in [1.54, 1.807) is 24.3 Å². The Kier molecular flexibility index (Phi) is 4.76. The average Bonchev–Trinajstić information content (AvgIpc) is 3.28. The first-order valence-electron chi connectivity index (χ1n) is 6.61. The van der Waals surface area contributed by atoms with E-state index < -0.39 is 17.9 Å². The van der Waals surface area contributed by atoms with Crippen molar-refractivity contribution >= 4 is 23.6 Å². The number of rotatable bonds is 5. The highest BCUT2D eigenvalue weighted by atomic mass is 16.5. The normalized spacial score (nSPS) is 13.2. The number of amides is 3. The minimum Gasteiger partial charge on any atom is -0.465 e. The van der Waals surface area contributed by atoms with E-state index in [4.69, 9.17) is 0 Å². The standard InChI is InChI=1S/C14H17N3O4/c1-21-13(19)10-4-2-3-5-11(10)15-8-12(18)17-14(20)16-9-6-7-9/h2-5,9,15H,6-8H2,1H3,(H2,16,17,18,20). The van der Waals surface area contributed by atoms with E-state index in [2.05, 4.69) is 20.7 Å². The second-order valence-corrected chi connectivity index (χ2v) is 4.69. The van der Waals surface area contributed by atoms with Crippen molar-refractivity contribution in [2.45, 2.75) is 18.9 Å². The molecule has 112 valence electrons. The second-order valence-electron chi connectivity index (χ2n) is 4.69. The summed E-state index contributed by atoms with van der Waals surface area (Å²) in [5.74, 6) is -0.974. The summed E-state index contributed by atoms with van der Waals surface area (Å²) in [4.78, 5) is 34.6. The van der Waals surface area contributed by atoms with Crippen LogP contribution in [0.2, 0.25) is 0 Å². The Bertz CT molecular complexity index is 555. The highest BCUT2D eigenvalue weighted by molar-refractivity contribution is 5.98. The zero-order chi connectivity index (χ0) is 15.2. The summed E-state index contributed by atoms with van der Waals surface area (Å²) >= 11 is 0. The number of esters is 1. The molecule has 0 aliphatic heterocycles. The Hall–Kier alpha value is -2.57. The number of ether oxygens (including phenoxy) is 1. The lowest BCUT2D eigenvalue weighted by Crippen LogP contribution is -2.42. The molecule has 1 aromatic rings. The maximum Gasteiger partial charge on any atom is 0.339 e. The average molecular weight is 291 g/mol. The topological polar surface area (TPSA) is 96.5 Å². The van der Waals surface area contributed by atoms with Gasteiger partial charge in [0.15, 0.2) is 0 Å². The van der Waals surface area contributed by atoms with Crippen molar-refractivity contribution in [2.24, 2.45) is 0 Å². The van der Waals surface area contributed by atoms with Crippen LogP contribution in [-0.4, -0.2) is 37.6 Å². The number of imide groups is 1. The molecule has 3 amide bonds. The molecule has 0 radical (unpaired) electrons. The van der Waals surface area contributed by atoms with Crippen molar-refractivity contribution in [3.8, 4) is 0 Å². The van der Waals surface area contributed by atoms with Gasteiger partial charge in [-0.1, -0.05) is 12.1 Å². The quantitative estimate of drug-likeness (QED) is 0.700. The third kappa shape index (κ3) is 4.48. The number of anilines is 1. The van der Waals surface area contributed by atoms with Gasteiger partial charge >= 0.3 is 12.0 Å². The van der Waals surface area contributed by atoms with E-state index in [0.717, 1.165) is 12.8 Å². The van der Waals surface area contributed by atoms with Crippen molar-refractivity contribution in [3.63, 3.8) is 0 Å². The fourth-order valence-corrected chi connectivity index (χ4v) is 1.72. The van der Waals surface area contributed by atoms with Crippen LogP contribution in [0.1, 0.15) is 23.2 Å². The van der Waals surface area contributed by atoms with Gasteiger partial charge in [0.25, 0.3) is 0 Å². The highest BCUT2D eigenvalue weighted by Gasteiger charge is 2.23. The largest absolute Gasteiger partial charge is 0.465 e. The summed E-state index contributed by atoms with van der Waals surface area (Å²) < 4.78 is 4.66. The lowest BCUT2D eigenvalue weighted by molar-refractivity contribution is -0.118. The van der Waals surface area contributed by atoms with Crippen LogP contribution in [0.3, 0.4) is 0 Å². The lowest BCUT2D eigenvalue weighted by atomic mass is 10.2.